The van der Waals surface area contributed by atoms with Crippen LogP contribution in [0.4, 0.5) is 0 Å². The summed E-state index contributed by atoms with van der Waals surface area (Å²) in [5.41, 5.74) is 0. The van der Waals surface area contributed by atoms with E-state index < -0.39 is 18.8 Å². The van der Waals surface area contributed by atoms with Crippen molar-refractivity contribution in [2.24, 2.45) is 17.8 Å². The molecule has 0 amide bonds. The Morgan fingerprint density at radius 3 is 1.06 bits per heavy atom. The van der Waals surface area contributed by atoms with Crippen LogP contribution in [0.15, 0.2) is 0 Å². The molecular formula is C15H33BrPb. The molecule has 17 heavy (non-hydrogen) atoms. The average Bonchev–Trinajstić information content (AvgIpc) is 2.21. The summed E-state index contributed by atoms with van der Waals surface area (Å²) < 4.78 is 4.68. The van der Waals surface area contributed by atoms with Gasteiger partial charge in [0.15, 0.2) is 0 Å². The summed E-state index contributed by atoms with van der Waals surface area (Å²) in [6, 6.07) is 0. The number of hydrogen-bond donors (Lipinski definition) is 0. The Kier molecular flexibility index (Phi) is 10.1. The van der Waals surface area contributed by atoms with Gasteiger partial charge in [0.05, 0.1) is 0 Å². The predicted octanol–water partition coefficient (Wildman–Crippen LogP) is 6.47. The molecule has 0 unspecified atom stereocenters. The molecule has 0 nitrogen and oxygen atoms in total. The van der Waals surface area contributed by atoms with Gasteiger partial charge in [-0.2, -0.15) is 0 Å². The molecule has 0 aromatic carbocycles. The minimum atomic E-state index is -2.05. The number of halogens is 1. The zero-order valence-corrected chi connectivity index (χ0v) is 18.3. The van der Waals surface area contributed by atoms with Crippen LogP contribution in [0.5, 0.6) is 0 Å². The van der Waals surface area contributed by atoms with Crippen LogP contribution in [0, 0.1) is 17.8 Å². The summed E-state index contributed by atoms with van der Waals surface area (Å²) in [5.74, 6) is 2.64. The summed E-state index contributed by atoms with van der Waals surface area (Å²) >= 11 is 2.25. The van der Waals surface area contributed by atoms with Gasteiger partial charge in [0.1, 0.15) is 0 Å². The molecule has 0 rings (SSSR count). The molecule has 0 aliphatic heterocycles. The Balaban J connectivity index is 4.23. The van der Waals surface area contributed by atoms with Gasteiger partial charge in [-0.05, 0) is 0 Å². The van der Waals surface area contributed by atoms with Gasteiger partial charge in [-0.15, -0.1) is 0 Å². The van der Waals surface area contributed by atoms with Gasteiger partial charge >= 0.3 is 121 Å². The molecule has 2 heteroatoms. The van der Waals surface area contributed by atoms with Crippen molar-refractivity contribution in [1.82, 2.24) is 0 Å². The van der Waals surface area contributed by atoms with Crippen molar-refractivity contribution in [1.29, 1.82) is 0 Å². The molecule has 0 radical (unpaired) electrons. The van der Waals surface area contributed by atoms with E-state index in [1.54, 1.807) is 11.9 Å². The number of rotatable bonds is 9. The van der Waals surface area contributed by atoms with E-state index >= 15 is 0 Å². The first kappa shape index (κ1) is 18.4. The normalized spacial score (nSPS) is 13.1. The van der Waals surface area contributed by atoms with Crippen LogP contribution in [0.3, 0.4) is 0 Å². The molecule has 0 saturated heterocycles. The molecule has 0 heterocycles. The first-order chi connectivity index (χ1) is 7.75. The fourth-order valence-corrected chi connectivity index (χ4v) is 23.7. The summed E-state index contributed by atoms with van der Waals surface area (Å²) in [7, 11) is 0. The van der Waals surface area contributed by atoms with Gasteiger partial charge in [-0.1, -0.05) is 0 Å². The van der Waals surface area contributed by atoms with Crippen molar-refractivity contribution < 1.29 is 0 Å². The molecule has 0 N–H and O–H groups in total. The molecular weight excluding hydrogens is 467 g/mol. The minimum absolute atomic E-state index is 0.880. The maximum absolute atomic E-state index is 4.29. The second-order valence-electron chi connectivity index (χ2n) is 6.95. The van der Waals surface area contributed by atoms with Crippen LogP contribution in [0.2, 0.25) is 11.9 Å². The van der Waals surface area contributed by atoms with Gasteiger partial charge in [0.25, 0.3) is 0 Å². The molecule has 0 atom stereocenters. The van der Waals surface area contributed by atoms with E-state index in [2.05, 4.69) is 53.5 Å². The van der Waals surface area contributed by atoms with E-state index in [1.807, 2.05) is 0 Å². The van der Waals surface area contributed by atoms with E-state index in [4.69, 9.17) is 0 Å². The van der Waals surface area contributed by atoms with Crippen molar-refractivity contribution in [2.75, 3.05) is 0 Å². The van der Waals surface area contributed by atoms with Crippen molar-refractivity contribution in [3.63, 3.8) is 0 Å². The van der Waals surface area contributed by atoms with E-state index in [-0.39, 0.29) is 0 Å². The van der Waals surface area contributed by atoms with Crippen LogP contribution in [0.25, 0.3) is 0 Å². The molecule has 0 aromatic rings. The number of hydrogen-bond acceptors (Lipinski definition) is 0. The first-order valence-electron chi connectivity index (χ1n) is 7.44. The second-order valence-corrected chi connectivity index (χ2v) is 36.5. The van der Waals surface area contributed by atoms with Gasteiger partial charge in [-0.3, -0.25) is 0 Å². The topological polar surface area (TPSA) is 0 Å². The van der Waals surface area contributed by atoms with Gasteiger partial charge in [-0.25, -0.2) is 0 Å². The Morgan fingerprint density at radius 1 is 0.647 bits per heavy atom. The molecule has 0 bridgehead atoms. The van der Waals surface area contributed by atoms with Crippen LogP contribution in [-0.2, 0) is 0 Å². The first-order valence-corrected chi connectivity index (χ1v) is 24.1. The van der Waals surface area contributed by atoms with Crippen molar-refractivity contribution in [3.05, 3.63) is 0 Å². The van der Waals surface area contributed by atoms with Crippen LogP contribution >= 0.6 is 12.0 Å². The Labute approximate surface area is 120 Å². The molecule has 0 spiro atoms. The van der Waals surface area contributed by atoms with Crippen LogP contribution < -0.4 is 0 Å². The van der Waals surface area contributed by atoms with Gasteiger partial charge in [0, 0.05) is 0 Å². The third kappa shape index (κ3) is 11.0. The standard InChI is InChI=1S/3C5H11.BrH.Pb/c3*1-4-5(2)3;;/h3*5H,1,4H2,2-3H3;1H;/q;;;;+1/p-1. The van der Waals surface area contributed by atoms with E-state index in [0.29, 0.717) is 0 Å². The summed E-state index contributed by atoms with van der Waals surface area (Å²) in [4.78, 5) is 0. The third-order valence-electron chi connectivity index (χ3n) is 3.51. The second kappa shape index (κ2) is 9.33. The van der Waals surface area contributed by atoms with E-state index in [0.717, 1.165) is 17.8 Å². The molecule has 0 saturated carbocycles. The molecule has 0 aromatic heterocycles. The summed E-state index contributed by atoms with van der Waals surface area (Å²) in [6.07, 6.45) is 4.34. The molecule has 0 aliphatic rings. The van der Waals surface area contributed by atoms with E-state index in [1.165, 1.54) is 19.3 Å². The summed E-state index contributed by atoms with van der Waals surface area (Å²) in [6.45, 7) is 14.2. The van der Waals surface area contributed by atoms with Crippen LogP contribution in [0.1, 0.15) is 60.8 Å². The van der Waals surface area contributed by atoms with Gasteiger partial charge in [0.2, 0.25) is 0 Å². The monoisotopic (exact) mass is 500 g/mol. The van der Waals surface area contributed by atoms with Crippen molar-refractivity contribution in [3.8, 4) is 0 Å². The fourth-order valence-electron chi connectivity index (χ4n) is 2.02. The molecule has 0 aliphatic carbocycles. The Morgan fingerprint density at radius 2 is 0.882 bits per heavy atom. The Bertz CT molecular complexity index is 156. The molecule has 104 valence electrons. The Hall–Kier alpha value is 1.40. The SMILES string of the molecule is CC(C)C[CH2][Pb]([Br])([CH2]CC(C)C)[CH2]CC(C)C. The summed E-state index contributed by atoms with van der Waals surface area (Å²) in [5, 5.41) is 0. The zero-order chi connectivity index (χ0) is 13.5. The third-order valence-corrected chi connectivity index (χ3v) is 27.8. The predicted molar refractivity (Wildman–Crippen MR) is 87.5 cm³/mol. The average molecular weight is 501 g/mol. The van der Waals surface area contributed by atoms with E-state index in [9.17, 15) is 0 Å². The van der Waals surface area contributed by atoms with Crippen LogP contribution in [-0.4, -0.2) is 18.8 Å². The quantitative estimate of drug-likeness (QED) is 0.319. The fraction of sp³-hybridized carbons (Fsp3) is 1.00. The zero-order valence-electron chi connectivity index (χ0n) is 12.9. The maximum atomic E-state index is 4.29. The molecule has 0 fully saturated rings. The van der Waals surface area contributed by atoms with Gasteiger partial charge < -0.3 is 0 Å². The van der Waals surface area contributed by atoms with Crippen molar-refractivity contribution in [2.45, 2.75) is 72.7 Å². The van der Waals surface area contributed by atoms with Crippen molar-refractivity contribution >= 4 is 30.7 Å².